The van der Waals surface area contributed by atoms with Gasteiger partial charge in [0.1, 0.15) is 5.60 Å². The molecule has 0 saturated heterocycles. The summed E-state index contributed by atoms with van der Waals surface area (Å²) in [5, 5.41) is 10.0. The second-order valence-corrected chi connectivity index (χ2v) is 10.8. The number of rotatable bonds is 4. The van der Waals surface area contributed by atoms with Gasteiger partial charge in [-0.15, -0.1) is 0 Å². The van der Waals surface area contributed by atoms with Crippen molar-refractivity contribution < 1.29 is 17.9 Å². The van der Waals surface area contributed by atoms with Crippen LogP contribution in [0.15, 0.2) is 53.6 Å². The van der Waals surface area contributed by atoms with E-state index in [4.69, 9.17) is 4.74 Å². The zero-order valence-corrected chi connectivity index (χ0v) is 18.7. The first-order valence-electron chi connectivity index (χ1n) is 10.1. The third-order valence-electron chi connectivity index (χ3n) is 5.41. The number of nitrogens with zero attached hydrogens (tertiary/aromatic N) is 2. The number of esters is 1. The molecule has 2 atom stereocenters. The van der Waals surface area contributed by atoms with Crippen molar-refractivity contribution >= 4 is 26.9 Å². The Hall–Kier alpha value is -3.11. The van der Waals surface area contributed by atoms with Crippen molar-refractivity contribution in [2.24, 2.45) is 5.92 Å². The maximum Gasteiger partial charge on any atom is 0.310 e. The molecular weight excluding hydrogens is 412 g/mol. The van der Waals surface area contributed by atoms with Crippen molar-refractivity contribution in [3.8, 4) is 6.07 Å². The zero-order valence-electron chi connectivity index (χ0n) is 17.9. The fourth-order valence-corrected chi connectivity index (χ4v) is 5.17. The second-order valence-electron chi connectivity index (χ2n) is 9.02. The van der Waals surface area contributed by atoms with Gasteiger partial charge in [-0.25, -0.2) is 12.4 Å². The molecule has 4 rings (SSSR count). The summed E-state index contributed by atoms with van der Waals surface area (Å²) in [6.07, 6.45) is 2.19. The molecule has 31 heavy (non-hydrogen) atoms. The fourth-order valence-electron chi connectivity index (χ4n) is 3.79. The highest BCUT2D eigenvalue weighted by atomic mass is 32.2. The summed E-state index contributed by atoms with van der Waals surface area (Å²) >= 11 is 0. The van der Waals surface area contributed by atoms with Crippen LogP contribution in [0, 0.1) is 24.2 Å². The van der Waals surface area contributed by atoms with Gasteiger partial charge in [0, 0.05) is 17.5 Å². The molecule has 160 valence electrons. The van der Waals surface area contributed by atoms with Crippen molar-refractivity contribution in [3.63, 3.8) is 0 Å². The Morgan fingerprint density at radius 3 is 2.45 bits per heavy atom. The first-order valence-corrected chi connectivity index (χ1v) is 11.6. The zero-order chi connectivity index (χ0) is 22.6. The number of benzene rings is 2. The van der Waals surface area contributed by atoms with Crippen LogP contribution in [-0.4, -0.2) is 24.0 Å². The largest absolute Gasteiger partial charge is 0.460 e. The van der Waals surface area contributed by atoms with Crippen molar-refractivity contribution in [2.45, 2.75) is 50.5 Å². The van der Waals surface area contributed by atoms with Crippen LogP contribution in [0.4, 0.5) is 0 Å². The molecule has 0 radical (unpaired) electrons. The number of carbonyl (C=O) groups is 1. The van der Waals surface area contributed by atoms with Crippen LogP contribution in [0.1, 0.15) is 49.8 Å². The third kappa shape index (κ3) is 3.96. The van der Waals surface area contributed by atoms with Crippen molar-refractivity contribution in [1.82, 2.24) is 3.97 Å². The maximum atomic E-state index is 13.4. The summed E-state index contributed by atoms with van der Waals surface area (Å²) in [5.41, 5.74) is 2.06. The summed E-state index contributed by atoms with van der Waals surface area (Å²) in [6, 6.07) is 13.7. The predicted molar refractivity (Wildman–Crippen MR) is 117 cm³/mol. The van der Waals surface area contributed by atoms with Crippen LogP contribution in [0.5, 0.6) is 0 Å². The van der Waals surface area contributed by atoms with Crippen LogP contribution in [0.25, 0.3) is 10.9 Å². The van der Waals surface area contributed by atoms with Gasteiger partial charge in [-0.05, 0) is 70.0 Å². The average molecular weight is 437 g/mol. The van der Waals surface area contributed by atoms with E-state index >= 15 is 0 Å². The highest BCUT2D eigenvalue weighted by molar-refractivity contribution is 7.90. The molecule has 1 saturated carbocycles. The van der Waals surface area contributed by atoms with Crippen LogP contribution in [0.3, 0.4) is 0 Å². The molecule has 6 nitrogen and oxygen atoms in total. The third-order valence-corrected chi connectivity index (χ3v) is 7.10. The van der Waals surface area contributed by atoms with E-state index in [1.54, 1.807) is 48.7 Å². The quantitative estimate of drug-likeness (QED) is 0.562. The molecule has 0 N–H and O–H groups in total. The predicted octanol–water partition coefficient (Wildman–Crippen LogP) is 4.50. The van der Waals surface area contributed by atoms with E-state index in [0.717, 1.165) is 11.1 Å². The van der Waals surface area contributed by atoms with Crippen molar-refractivity contribution in [3.05, 3.63) is 65.4 Å². The Balaban J connectivity index is 1.80. The van der Waals surface area contributed by atoms with Gasteiger partial charge in [-0.2, -0.15) is 5.26 Å². The molecule has 0 aliphatic heterocycles. The lowest BCUT2D eigenvalue weighted by Gasteiger charge is -2.19. The highest BCUT2D eigenvalue weighted by Gasteiger charge is 2.47. The Labute approximate surface area is 182 Å². The number of hydrogen-bond donors (Lipinski definition) is 0. The molecule has 1 heterocycles. The van der Waals surface area contributed by atoms with E-state index in [1.165, 1.54) is 3.97 Å². The maximum absolute atomic E-state index is 13.4. The summed E-state index contributed by atoms with van der Waals surface area (Å²) in [4.78, 5) is 12.7. The van der Waals surface area contributed by atoms with Crippen molar-refractivity contribution in [1.29, 1.82) is 5.26 Å². The van der Waals surface area contributed by atoms with Gasteiger partial charge in [0.25, 0.3) is 10.0 Å². The number of fused-ring (bicyclic) bond motifs is 1. The Morgan fingerprint density at radius 1 is 1.16 bits per heavy atom. The minimum atomic E-state index is -3.84. The number of nitriles is 1. The first kappa shape index (κ1) is 21.1. The van der Waals surface area contributed by atoms with E-state index in [9.17, 15) is 18.5 Å². The molecule has 1 aliphatic rings. The fraction of sp³-hybridized carbons (Fsp3) is 0.333. The average Bonchev–Trinajstić information content (AvgIpc) is 3.40. The Bertz CT molecular complexity index is 1320. The van der Waals surface area contributed by atoms with Gasteiger partial charge in [0.05, 0.1) is 28.0 Å². The highest BCUT2D eigenvalue weighted by Crippen LogP contribution is 2.51. The standard InChI is InChI=1S/C24H24N2O4S/c1-15-5-8-17(9-6-15)31(28,29)26-14-21(19-11-16(13-25)7-10-22(19)26)18-12-20(18)23(27)30-24(2,3)4/h5-11,14,18,20H,12H2,1-4H3. The molecule has 0 bridgehead atoms. The molecular formula is C24H24N2O4S. The number of ether oxygens (including phenoxy) is 1. The van der Waals surface area contributed by atoms with Gasteiger partial charge in [-0.3, -0.25) is 4.79 Å². The Morgan fingerprint density at radius 2 is 1.84 bits per heavy atom. The van der Waals surface area contributed by atoms with Crippen LogP contribution in [-0.2, 0) is 19.6 Å². The second kappa shape index (κ2) is 7.24. The summed E-state index contributed by atoms with van der Waals surface area (Å²) in [7, 11) is -3.84. The number of hydrogen-bond acceptors (Lipinski definition) is 5. The van der Waals surface area contributed by atoms with Crippen molar-refractivity contribution in [2.75, 3.05) is 0 Å². The van der Waals surface area contributed by atoms with Gasteiger partial charge in [-0.1, -0.05) is 17.7 Å². The molecule has 7 heteroatoms. The van der Waals surface area contributed by atoms with Gasteiger partial charge in [0.2, 0.25) is 0 Å². The molecule has 1 aromatic heterocycles. The molecule has 0 spiro atoms. The number of carbonyl (C=O) groups excluding carboxylic acids is 1. The van der Waals surface area contributed by atoms with Crippen LogP contribution < -0.4 is 0 Å². The number of aromatic nitrogens is 1. The van der Waals surface area contributed by atoms with Gasteiger partial charge < -0.3 is 4.74 Å². The molecule has 1 aliphatic carbocycles. The monoisotopic (exact) mass is 436 g/mol. The Kier molecular flexibility index (Phi) is 4.94. The molecule has 3 aromatic rings. The van der Waals surface area contributed by atoms with Crippen LogP contribution >= 0.6 is 0 Å². The van der Waals surface area contributed by atoms with Gasteiger partial charge >= 0.3 is 5.97 Å². The lowest BCUT2D eigenvalue weighted by molar-refractivity contribution is -0.156. The summed E-state index contributed by atoms with van der Waals surface area (Å²) in [6.45, 7) is 7.36. The smallest absolute Gasteiger partial charge is 0.310 e. The SMILES string of the molecule is Cc1ccc(S(=O)(=O)n2cc(C3CC3C(=O)OC(C)(C)C)c3cc(C#N)ccc32)cc1. The summed E-state index contributed by atoms with van der Waals surface area (Å²) in [5.74, 6) is -0.733. The van der Waals surface area contributed by atoms with E-state index in [-0.39, 0.29) is 22.7 Å². The van der Waals surface area contributed by atoms with Crippen LogP contribution in [0.2, 0.25) is 0 Å². The topological polar surface area (TPSA) is 89.2 Å². The minimum Gasteiger partial charge on any atom is -0.460 e. The number of aryl methyl sites for hydroxylation is 1. The molecule has 1 fully saturated rings. The lowest BCUT2D eigenvalue weighted by atomic mass is 10.1. The lowest BCUT2D eigenvalue weighted by Crippen LogP contribution is -2.25. The van der Waals surface area contributed by atoms with E-state index < -0.39 is 15.6 Å². The van der Waals surface area contributed by atoms with E-state index in [0.29, 0.717) is 22.9 Å². The van der Waals surface area contributed by atoms with E-state index in [2.05, 4.69) is 6.07 Å². The first-order chi connectivity index (χ1) is 14.5. The van der Waals surface area contributed by atoms with Gasteiger partial charge in [0.15, 0.2) is 0 Å². The molecule has 2 unspecified atom stereocenters. The minimum absolute atomic E-state index is 0.138. The summed E-state index contributed by atoms with van der Waals surface area (Å²) < 4.78 is 33.5. The van der Waals surface area contributed by atoms with E-state index in [1.807, 2.05) is 27.7 Å². The molecule has 2 aromatic carbocycles. The molecule has 0 amide bonds. The normalized spacial score (nSPS) is 18.5.